The van der Waals surface area contributed by atoms with Crippen molar-refractivity contribution in [1.82, 2.24) is 0 Å². The van der Waals surface area contributed by atoms with E-state index in [0.717, 1.165) is 56.4 Å². The van der Waals surface area contributed by atoms with E-state index < -0.39 is 41.5 Å². The lowest BCUT2D eigenvalue weighted by Gasteiger charge is -2.37. The van der Waals surface area contributed by atoms with Gasteiger partial charge < -0.3 is 19.3 Å². The lowest BCUT2D eigenvalue weighted by atomic mass is 9.71. The van der Waals surface area contributed by atoms with Crippen LogP contribution < -0.4 is 9.47 Å². The van der Waals surface area contributed by atoms with E-state index in [9.17, 15) is 22.0 Å². The molecule has 2 fully saturated rings. The maximum atomic E-state index is 15.1. The summed E-state index contributed by atoms with van der Waals surface area (Å²) >= 11 is 0. The lowest BCUT2D eigenvalue weighted by Crippen LogP contribution is -2.37. The minimum atomic E-state index is -5.09. The van der Waals surface area contributed by atoms with Gasteiger partial charge in [0.25, 0.3) is 0 Å². The molecule has 0 radical (unpaired) electrons. The van der Waals surface area contributed by atoms with Gasteiger partial charge in [-0.1, -0.05) is 25.8 Å². The highest BCUT2D eigenvalue weighted by Gasteiger charge is 2.44. The first-order valence-electron chi connectivity index (χ1n) is 14.4. The van der Waals surface area contributed by atoms with Crippen LogP contribution in [0.1, 0.15) is 64.7 Å². The molecule has 42 heavy (non-hydrogen) atoms. The smallest absolute Gasteiger partial charge is 0.432 e. The average molecular weight is 607 g/mol. The third-order valence-electron chi connectivity index (χ3n) is 8.77. The molecule has 0 aromatic heterocycles. The van der Waals surface area contributed by atoms with Gasteiger partial charge in [0, 0.05) is 11.6 Å². The molecular formula is C31H37F7O4. The van der Waals surface area contributed by atoms with E-state index in [0.29, 0.717) is 43.4 Å². The molecular weight excluding hydrogens is 569 g/mol. The fourth-order valence-electron chi connectivity index (χ4n) is 6.43. The van der Waals surface area contributed by atoms with Crippen molar-refractivity contribution in [1.29, 1.82) is 0 Å². The van der Waals surface area contributed by atoms with Gasteiger partial charge in [0.1, 0.15) is 18.4 Å². The fraction of sp³-hybridized carbons (Fsp3) is 0.613. The summed E-state index contributed by atoms with van der Waals surface area (Å²) in [7, 11) is 0. The summed E-state index contributed by atoms with van der Waals surface area (Å²) in [5, 5.41) is 9.16. The van der Waals surface area contributed by atoms with E-state index >= 15 is 8.78 Å². The van der Waals surface area contributed by atoms with Crippen LogP contribution in [0.5, 0.6) is 11.5 Å². The predicted molar refractivity (Wildman–Crippen MR) is 142 cm³/mol. The number of aliphatic hydroxyl groups excluding tert-OH is 1. The molecule has 1 N–H and O–H groups in total. The summed E-state index contributed by atoms with van der Waals surface area (Å²) < 4.78 is 110. The second kappa shape index (κ2) is 13.8. The van der Waals surface area contributed by atoms with Crippen molar-refractivity contribution in [2.24, 2.45) is 29.6 Å². The number of aliphatic hydroxyl groups is 1. The van der Waals surface area contributed by atoms with Gasteiger partial charge in [0.15, 0.2) is 11.6 Å². The quantitative estimate of drug-likeness (QED) is 0.205. The summed E-state index contributed by atoms with van der Waals surface area (Å²) in [4.78, 5) is 0. The van der Waals surface area contributed by atoms with Crippen molar-refractivity contribution in [2.75, 3.05) is 13.4 Å². The van der Waals surface area contributed by atoms with E-state index in [1.165, 1.54) is 0 Å². The number of halogens is 7. The zero-order valence-electron chi connectivity index (χ0n) is 23.4. The SMILES string of the molecule is CC1CCC(C(COCO)CC2CCC(C(F)(F)Oc3ccc(-c4ccc(OC(F)(F)F)c(F)c4)c(F)c3)CC2)CC1. The first-order valence-corrected chi connectivity index (χ1v) is 14.4. The zero-order valence-corrected chi connectivity index (χ0v) is 23.4. The molecule has 4 rings (SSSR count). The van der Waals surface area contributed by atoms with Gasteiger partial charge in [0.05, 0.1) is 12.5 Å². The third-order valence-corrected chi connectivity index (χ3v) is 8.77. The van der Waals surface area contributed by atoms with E-state index in [1.54, 1.807) is 0 Å². The van der Waals surface area contributed by atoms with Crippen molar-refractivity contribution in [3.8, 4) is 22.6 Å². The van der Waals surface area contributed by atoms with Gasteiger partial charge in [-0.15, -0.1) is 13.2 Å². The number of benzene rings is 2. The van der Waals surface area contributed by atoms with Crippen LogP contribution in [0, 0.1) is 41.2 Å². The molecule has 0 bridgehead atoms. The highest BCUT2D eigenvalue weighted by Crippen LogP contribution is 2.44. The van der Waals surface area contributed by atoms with Crippen molar-refractivity contribution >= 4 is 0 Å². The van der Waals surface area contributed by atoms with Gasteiger partial charge in [-0.05, 0) is 98.4 Å². The number of alkyl halides is 5. The maximum Gasteiger partial charge on any atom is 0.573 e. The molecule has 2 saturated carbocycles. The first-order chi connectivity index (χ1) is 19.8. The van der Waals surface area contributed by atoms with E-state index in [4.69, 9.17) is 14.6 Å². The Labute approximate surface area is 241 Å². The van der Waals surface area contributed by atoms with E-state index in [2.05, 4.69) is 11.7 Å². The highest BCUT2D eigenvalue weighted by molar-refractivity contribution is 5.66. The Balaban J connectivity index is 1.34. The fourth-order valence-corrected chi connectivity index (χ4v) is 6.43. The minimum Gasteiger partial charge on any atom is -0.432 e. The van der Waals surface area contributed by atoms with Crippen LogP contribution in [-0.2, 0) is 4.74 Å². The highest BCUT2D eigenvalue weighted by atomic mass is 19.4. The first kappa shape index (κ1) is 32.4. The topological polar surface area (TPSA) is 47.9 Å². The van der Waals surface area contributed by atoms with E-state index in [-0.39, 0.29) is 42.6 Å². The summed E-state index contributed by atoms with van der Waals surface area (Å²) in [6.07, 6.45) is -1.49. The molecule has 0 heterocycles. The number of hydrogen-bond acceptors (Lipinski definition) is 4. The van der Waals surface area contributed by atoms with Crippen molar-refractivity contribution in [3.63, 3.8) is 0 Å². The van der Waals surface area contributed by atoms with Crippen LogP contribution in [0.2, 0.25) is 0 Å². The largest absolute Gasteiger partial charge is 0.573 e. The monoisotopic (exact) mass is 606 g/mol. The summed E-state index contributed by atoms with van der Waals surface area (Å²) in [6.45, 7) is 2.38. The van der Waals surface area contributed by atoms with Crippen LogP contribution >= 0.6 is 0 Å². The molecule has 1 atom stereocenters. The number of ether oxygens (including phenoxy) is 3. The molecule has 2 aliphatic rings. The van der Waals surface area contributed by atoms with Crippen molar-refractivity contribution in [2.45, 2.75) is 77.2 Å². The Morgan fingerprint density at radius 2 is 1.52 bits per heavy atom. The van der Waals surface area contributed by atoms with Crippen LogP contribution in [0.4, 0.5) is 30.7 Å². The predicted octanol–water partition coefficient (Wildman–Crippen LogP) is 9.11. The van der Waals surface area contributed by atoms with Crippen LogP contribution in [-0.4, -0.2) is 31.0 Å². The van der Waals surface area contributed by atoms with Gasteiger partial charge in [-0.25, -0.2) is 8.78 Å². The van der Waals surface area contributed by atoms with Gasteiger partial charge >= 0.3 is 12.5 Å². The second-order valence-electron chi connectivity index (χ2n) is 11.7. The normalized spacial score (nSPS) is 24.3. The molecule has 234 valence electrons. The Morgan fingerprint density at radius 3 is 2.12 bits per heavy atom. The Hall–Kier alpha value is -2.53. The van der Waals surface area contributed by atoms with E-state index in [1.807, 2.05) is 0 Å². The average Bonchev–Trinajstić information content (AvgIpc) is 2.92. The Morgan fingerprint density at radius 1 is 0.833 bits per heavy atom. The van der Waals surface area contributed by atoms with Crippen LogP contribution in [0.15, 0.2) is 36.4 Å². The summed E-state index contributed by atoms with van der Waals surface area (Å²) in [5.41, 5.74) is -0.294. The molecule has 2 aromatic carbocycles. The second-order valence-corrected chi connectivity index (χ2v) is 11.7. The lowest BCUT2D eigenvalue weighted by molar-refractivity contribution is -0.275. The molecule has 11 heteroatoms. The van der Waals surface area contributed by atoms with Gasteiger partial charge in [-0.3, -0.25) is 0 Å². The van der Waals surface area contributed by atoms with Crippen molar-refractivity contribution < 1.29 is 50.1 Å². The number of rotatable bonds is 11. The summed E-state index contributed by atoms with van der Waals surface area (Å²) in [5.74, 6) is -3.10. The zero-order chi connectivity index (χ0) is 30.5. The standard InChI is InChI=1S/C31H37F7O4/c1-19-2-6-21(7-3-19)23(17-40-18-39)14-20-4-9-24(10-5-20)30(34,35)41-25-11-12-26(27(32)16-25)22-8-13-29(28(33)15-22)42-31(36,37)38/h8,11-13,15-16,19-21,23-24,39H,2-7,9-10,14,17-18H2,1H3. The third kappa shape index (κ3) is 8.75. The molecule has 0 saturated heterocycles. The Kier molecular flexibility index (Phi) is 10.7. The van der Waals surface area contributed by atoms with Crippen molar-refractivity contribution in [3.05, 3.63) is 48.0 Å². The van der Waals surface area contributed by atoms with Gasteiger partial charge in [0.2, 0.25) is 0 Å². The van der Waals surface area contributed by atoms with Crippen LogP contribution in [0.25, 0.3) is 11.1 Å². The molecule has 2 aliphatic carbocycles. The molecule has 1 unspecified atom stereocenters. The Bertz CT molecular complexity index is 1160. The minimum absolute atomic E-state index is 0.0958. The molecule has 0 amide bonds. The van der Waals surface area contributed by atoms with Gasteiger partial charge in [-0.2, -0.15) is 8.78 Å². The molecule has 4 nitrogen and oxygen atoms in total. The molecule has 0 aliphatic heterocycles. The summed E-state index contributed by atoms with van der Waals surface area (Å²) in [6, 6.07) is 5.39. The molecule has 2 aromatic rings. The maximum absolute atomic E-state index is 15.1. The van der Waals surface area contributed by atoms with Crippen LogP contribution in [0.3, 0.4) is 0 Å². The number of hydrogen-bond donors (Lipinski definition) is 1. The molecule has 0 spiro atoms.